The summed E-state index contributed by atoms with van der Waals surface area (Å²) in [5.74, 6) is 0. The van der Waals surface area contributed by atoms with Crippen molar-refractivity contribution in [3.63, 3.8) is 0 Å². The summed E-state index contributed by atoms with van der Waals surface area (Å²) in [6, 6.07) is 15.7. The molecule has 0 aliphatic carbocycles. The zero-order chi connectivity index (χ0) is 13.9. The Balaban J connectivity index is 1.99. The zero-order valence-electron chi connectivity index (χ0n) is 11.0. The molecule has 20 heavy (non-hydrogen) atoms. The summed E-state index contributed by atoms with van der Waals surface area (Å²) in [5, 5.41) is 24.2. The minimum absolute atomic E-state index is 0.279. The lowest BCUT2D eigenvalue weighted by Gasteiger charge is -2.09. The fraction of sp³-hybridized carbons (Fsp3) is 0.188. The van der Waals surface area contributed by atoms with Crippen molar-refractivity contribution >= 4 is 10.9 Å². The molecule has 0 radical (unpaired) electrons. The van der Waals surface area contributed by atoms with E-state index < -0.39 is 6.10 Å². The van der Waals surface area contributed by atoms with E-state index in [1.54, 1.807) is 0 Å². The molecule has 2 aromatic carbocycles. The highest BCUT2D eigenvalue weighted by molar-refractivity contribution is 5.79. The Labute approximate surface area is 116 Å². The van der Waals surface area contributed by atoms with E-state index in [0.29, 0.717) is 12.1 Å². The van der Waals surface area contributed by atoms with Gasteiger partial charge in [-0.25, -0.2) is 0 Å². The lowest BCUT2D eigenvalue weighted by Crippen LogP contribution is -2.04. The predicted octanol–water partition coefficient (Wildman–Crippen LogP) is 2.11. The molecule has 4 nitrogen and oxygen atoms in total. The second kappa shape index (κ2) is 5.45. The van der Waals surface area contributed by atoms with Gasteiger partial charge in [0, 0.05) is 5.39 Å². The summed E-state index contributed by atoms with van der Waals surface area (Å²) in [6.07, 6.45) is 0.965. The van der Waals surface area contributed by atoms with Gasteiger partial charge >= 0.3 is 0 Å². The molecule has 0 saturated carbocycles. The Morgan fingerprint density at radius 2 is 1.90 bits per heavy atom. The number of hydrogen-bond acceptors (Lipinski definition) is 3. The number of rotatable bonds is 4. The van der Waals surface area contributed by atoms with Gasteiger partial charge < -0.3 is 10.2 Å². The molecule has 0 bridgehead atoms. The van der Waals surface area contributed by atoms with Crippen LogP contribution in [0.4, 0.5) is 0 Å². The van der Waals surface area contributed by atoms with Gasteiger partial charge in [0.1, 0.15) is 6.10 Å². The van der Waals surface area contributed by atoms with Crippen molar-refractivity contribution in [2.75, 3.05) is 6.61 Å². The second-order valence-corrected chi connectivity index (χ2v) is 4.80. The van der Waals surface area contributed by atoms with Crippen LogP contribution in [0, 0.1) is 0 Å². The molecule has 0 amide bonds. The normalized spacial score (nSPS) is 12.7. The zero-order valence-corrected chi connectivity index (χ0v) is 11.0. The van der Waals surface area contributed by atoms with Gasteiger partial charge in [0.2, 0.25) is 0 Å². The van der Waals surface area contributed by atoms with Gasteiger partial charge in [0.15, 0.2) is 0 Å². The predicted molar refractivity (Wildman–Crippen MR) is 77.3 cm³/mol. The summed E-state index contributed by atoms with van der Waals surface area (Å²) in [6.45, 7) is 0.404. The highest BCUT2D eigenvalue weighted by Crippen LogP contribution is 2.21. The summed E-state index contributed by atoms with van der Waals surface area (Å²) < 4.78 is 1.90. The van der Waals surface area contributed by atoms with E-state index >= 15 is 0 Å². The standard InChI is InChI=1S/C16H16N2O2/c19-11-16(20)13-6-7-14-9-17-18(15(14)8-13)10-12-4-2-1-3-5-12/h1-9,16,19-20H,10-11H2/t16-/m0/s1. The first-order valence-electron chi connectivity index (χ1n) is 6.56. The van der Waals surface area contributed by atoms with Gasteiger partial charge in [-0.2, -0.15) is 5.10 Å². The summed E-state index contributed by atoms with van der Waals surface area (Å²) in [4.78, 5) is 0. The van der Waals surface area contributed by atoms with Crippen LogP contribution in [-0.2, 0) is 6.54 Å². The number of aliphatic hydroxyl groups is 2. The monoisotopic (exact) mass is 268 g/mol. The molecular weight excluding hydrogens is 252 g/mol. The number of aliphatic hydroxyl groups excluding tert-OH is 2. The van der Waals surface area contributed by atoms with Crippen molar-refractivity contribution in [1.82, 2.24) is 9.78 Å². The third-order valence-electron chi connectivity index (χ3n) is 3.40. The fourth-order valence-electron chi connectivity index (χ4n) is 2.28. The van der Waals surface area contributed by atoms with Crippen LogP contribution in [0.1, 0.15) is 17.2 Å². The quantitative estimate of drug-likeness (QED) is 0.762. The molecule has 1 atom stereocenters. The minimum atomic E-state index is -0.848. The van der Waals surface area contributed by atoms with Crippen molar-refractivity contribution in [3.05, 3.63) is 65.9 Å². The van der Waals surface area contributed by atoms with Crippen molar-refractivity contribution in [3.8, 4) is 0 Å². The van der Waals surface area contributed by atoms with Crippen LogP contribution < -0.4 is 0 Å². The maximum atomic E-state index is 9.73. The molecule has 0 saturated heterocycles. The van der Waals surface area contributed by atoms with Crippen LogP contribution in [0.5, 0.6) is 0 Å². The van der Waals surface area contributed by atoms with Crippen LogP contribution in [0.25, 0.3) is 10.9 Å². The van der Waals surface area contributed by atoms with E-state index in [1.165, 1.54) is 5.56 Å². The Morgan fingerprint density at radius 1 is 1.10 bits per heavy atom. The highest BCUT2D eigenvalue weighted by Gasteiger charge is 2.09. The van der Waals surface area contributed by atoms with E-state index in [2.05, 4.69) is 17.2 Å². The molecule has 4 heteroatoms. The summed E-state index contributed by atoms with van der Waals surface area (Å²) in [7, 11) is 0. The van der Waals surface area contributed by atoms with Crippen molar-refractivity contribution in [2.24, 2.45) is 0 Å². The van der Waals surface area contributed by atoms with Crippen molar-refractivity contribution in [1.29, 1.82) is 0 Å². The molecule has 0 unspecified atom stereocenters. The average Bonchev–Trinajstić information content (AvgIpc) is 2.90. The van der Waals surface area contributed by atoms with Crippen LogP contribution >= 0.6 is 0 Å². The average molecular weight is 268 g/mol. The minimum Gasteiger partial charge on any atom is -0.393 e. The molecule has 0 spiro atoms. The first-order chi connectivity index (χ1) is 9.78. The van der Waals surface area contributed by atoms with E-state index in [0.717, 1.165) is 10.9 Å². The largest absolute Gasteiger partial charge is 0.393 e. The van der Waals surface area contributed by atoms with Gasteiger partial charge in [0.25, 0.3) is 0 Å². The van der Waals surface area contributed by atoms with Crippen LogP contribution in [-0.4, -0.2) is 26.6 Å². The number of aromatic nitrogens is 2. The molecule has 1 aromatic heterocycles. The van der Waals surface area contributed by atoms with Crippen molar-refractivity contribution in [2.45, 2.75) is 12.6 Å². The van der Waals surface area contributed by atoms with E-state index in [4.69, 9.17) is 5.11 Å². The third kappa shape index (κ3) is 2.43. The van der Waals surface area contributed by atoms with Gasteiger partial charge in [-0.3, -0.25) is 4.68 Å². The second-order valence-electron chi connectivity index (χ2n) is 4.80. The van der Waals surface area contributed by atoms with E-state index in [-0.39, 0.29) is 6.61 Å². The maximum Gasteiger partial charge on any atom is 0.102 e. The highest BCUT2D eigenvalue weighted by atomic mass is 16.3. The number of fused-ring (bicyclic) bond motifs is 1. The van der Waals surface area contributed by atoms with Gasteiger partial charge in [-0.05, 0) is 17.2 Å². The van der Waals surface area contributed by atoms with Crippen LogP contribution in [0.2, 0.25) is 0 Å². The molecule has 3 rings (SSSR count). The molecule has 0 aliphatic heterocycles. The topological polar surface area (TPSA) is 58.3 Å². The van der Waals surface area contributed by atoms with Crippen molar-refractivity contribution < 1.29 is 10.2 Å². The third-order valence-corrected chi connectivity index (χ3v) is 3.40. The summed E-state index contributed by atoms with van der Waals surface area (Å²) >= 11 is 0. The molecule has 2 N–H and O–H groups in total. The lowest BCUT2D eigenvalue weighted by molar-refractivity contribution is 0.0957. The number of nitrogens with zero attached hydrogens (tertiary/aromatic N) is 2. The number of hydrogen-bond donors (Lipinski definition) is 2. The molecule has 0 aliphatic rings. The van der Waals surface area contributed by atoms with Crippen LogP contribution in [0.3, 0.4) is 0 Å². The fourth-order valence-corrected chi connectivity index (χ4v) is 2.28. The molecule has 0 fully saturated rings. The Bertz CT molecular complexity index is 707. The SMILES string of the molecule is OC[C@H](O)c1ccc2cnn(Cc3ccccc3)c2c1. The molecular formula is C16H16N2O2. The maximum absolute atomic E-state index is 9.73. The van der Waals surface area contributed by atoms with Gasteiger partial charge in [-0.15, -0.1) is 0 Å². The van der Waals surface area contributed by atoms with Crippen LogP contribution in [0.15, 0.2) is 54.7 Å². The lowest BCUT2D eigenvalue weighted by atomic mass is 10.1. The van der Waals surface area contributed by atoms with Gasteiger partial charge in [-0.1, -0.05) is 42.5 Å². The molecule has 102 valence electrons. The number of benzene rings is 2. The summed E-state index contributed by atoms with van der Waals surface area (Å²) in [5.41, 5.74) is 2.83. The van der Waals surface area contributed by atoms with E-state index in [1.807, 2.05) is 47.3 Å². The first-order valence-corrected chi connectivity index (χ1v) is 6.56. The molecule has 3 aromatic rings. The Morgan fingerprint density at radius 3 is 2.65 bits per heavy atom. The smallest absolute Gasteiger partial charge is 0.102 e. The first kappa shape index (κ1) is 12.8. The van der Waals surface area contributed by atoms with Gasteiger partial charge in [0.05, 0.1) is 24.9 Å². The molecule has 1 heterocycles. The Kier molecular flexibility index (Phi) is 3.50. The Hall–Kier alpha value is -2.17. The van der Waals surface area contributed by atoms with E-state index in [9.17, 15) is 5.11 Å².